The molecule has 15 heavy (non-hydrogen) atoms. The molecule has 0 atom stereocenters. The normalized spacial score (nSPS) is 11.2. The Hall–Kier alpha value is -1.91. The van der Waals surface area contributed by atoms with Crippen LogP contribution in [-0.2, 0) is 9.53 Å². The number of hydrogen-bond acceptors (Lipinski definition) is 4. The SMILES string of the molecule is CCOC(=O)/C=C(\N)c1cc(F)ccn1. The van der Waals surface area contributed by atoms with Crippen LogP contribution in [0.3, 0.4) is 0 Å². The number of pyridine rings is 1. The lowest BCUT2D eigenvalue weighted by molar-refractivity contribution is -0.137. The molecule has 0 radical (unpaired) electrons. The van der Waals surface area contributed by atoms with Crippen molar-refractivity contribution < 1.29 is 13.9 Å². The lowest BCUT2D eigenvalue weighted by Gasteiger charge is -2.00. The molecule has 0 aliphatic heterocycles. The molecule has 1 aromatic rings. The van der Waals surface area contributed by atoms with Gasteiger partial charge in [-0.3, -0.25) is 4.98 Å². The number of rotatable bonds is 3. The first kappa shape index (κ1) is 11.2. The van der Waals surface area contributed by atoms with Gasteiger partial charge in [0.15, 0.2) is 0 Å². The van der Waals surface area contributed by atoms with Crippen molar-refractivity contribution in [3.05, 3.63) is 35.9 Å². The Kier molecular flexibility index (Phi) is 3.79. The summed E-state index contributed by atoms with van der Waals surface area (Å²) >= 11 is 0. The third kappa shape index (κ3) is 3.38. The highest BCUT2D eigenvalue weighted by Crippen LogP contribution is 2.07. The highest BCUT2D eigenvalue weighted by Gasteiger charge is 2.03. The Morgan fingerprint density at radius 3 is 3.07 bits per heavy atom. The van der Waals surface area contributed by atoms with Crippen molar-refractivity contribution in [1.82, 2.24) is 4.98 Å². The molecule has 80 valence electrons. The molecule has 0 aliphatic carbocycles. The van der Waals surface area contributed by atoms with Crippen LogP contribution in [0.25, 0.3) is 5.70 Å². The first-order valence-corrected chi connectivity index (χ1v) is 4.39. The molecule has 5 heteroatoms. The zero-order valence-electron chi connectivity index (χ0n) is 8.24. The van der Waals surface area contributed by atoms with Gasteiger partial charge in [-0.1, -0.05) is 0 Å². The molecule has 2 N–H and O–H groups in total. The van der Waals surface area contributed by atoms with Crippen LogP contribution < -0.4 is 5.73 Å². The standard InChI is InChI=1S/C10H11FN2O2/c1-2-15-10(14)6-8(12)9-5-7(11)3-4-13-9/h3-6H,2,12H2,1H3/b8-6-. The highest BCUT2D eigenvalue weighted by atomic mass is 19.1. The van der Waals surface area contributed by atoms with Gasteiger partial charge in [-0.2, -0.15) is 0 Å². The number of aromatic nitrogens is 1. The van der Waals surface area contributed by atoms with Crippen molar-refractivity contribution in [2.75, 3.05) is 6.61 Å². The minimum absolute atomic E-state index is 0.0768. The summed E-state index contributed by atoms with van der Waals surface area (Å²) in [6.07, 6.45) is 2.35. The first-order chi connectivity index (χ1) is 7.13. The van der Waals surface area contributed by atoms with Crippen LogP contribution in [0.2, 0.25) is 0 Å². The Labute approximate surface area is 86.6 Å². The van der Waals surface area contributed by atoms with E-state index in [1.807, 2.05) is 0 Å². The van der Waals surface area contributed by atoms with Crippen LogP contribution in [0.15, 0.2) is 24.4 Å². The number of halogens is 1. The van der Waals surface area contributed by atoms with Gasteiger partial charge < -0.3 is 10.5 Å². The predicted octanol–water partition coefficient (Wildman–Crippen LogP) is 1.08. The summed E-state index contributed by atoms with van der Waals surface area (Å²) in [6, 6.07) is 2.34. The van der Waals surface area contributed by atoms with Crippen molar-refractivity contribution in [2.45, 2.75) is 6.92 Å². The fourth-order valence-electron chi connectivity index (χ4n) is 0.947. The van der Waals surface area contributed by atoms with Crippen molar-refractivity contribution in [3.63, 3.8) is 0 Å². The maximum absolute atomic E-state index is 12.8. The molecule has 0 bridgehead atoms. The zero-order chi connectivity index (χ0) is 11.3. The molecular weight excluding hydrogens is 199 g/mol. The molecule has 0 aromatic carbocycles. The van der Waals surface area contributed by atoms with Crippen LogP contribution in [0.1, 0.15) is 12.6 Å². The van der Waals surface area contributed by atoms with Gasteiger partial charge in [-0.05, 0) is 13.0 Å². The third-order valence-electron chi connectivity index (χ3n) is 1.58. The van der Waals surface area contributed by atoms with Gasteiger partial charge in [0.05, 0.1) is 18.0 Å². The molecule has 0 saturated heterocycles. The molecule has 0 unspecified atom stereocenters. The third-order valence-corrected chi connectivity index (χ3v) is 1.58. The fraction of sp³-hybridized carbons (Fsp3) is 0.200. The monoisotopic (exact) mass is 210 g/mol. The molecule has 0 spiro atoms. The number of nitrogens with two attached hydrogens (primary N) is 1. The topological polar surface area (TPSA) is 65.2 Å². The smallest absolute Gasteiger partial charge is 0.332 e. The van der Waals surface area contributed by atoms with Gasteiger partial charge in [-0.15, -0.1) is 0 Å². The maximum atomic E-state index is 12.8. The molecule has 1 rings (SSSR count). The second-order valence-corrected chi connectivity index (χ2v) is 2.71. The molecule has 0 fully saturated rings. The summed E-state index contributed by atoms with van der Waals surface area (Å²) in [5, 5.41) is 0. The van der Waals surface area contributed by atoms with E-state index >= 15 is 0 Å². The molecule has 0 aliphatic rings. The fourth-order valence-corrected chi connectivity index (χ4v) is 0.947. The van der Waals surface area contributed by atoms with Crippen LogP contribution in [-0.4, -0.2) is 17.6 Å². The minimum atomic E-state index is -0.568. The minimum Gasteiger partial charge on any atom is -0.463 e. The van der Waals surface area contributed by atoms with Crippen molar-refractivity contribution in [1.29, 1.82) is 0 Å². The molecular formula is C10H11FN2O2. The first-order valence-electron chi connectivity index (χ1n) is 4.39. The van der Waals surface area contributed by atoms with E-state index in [0.717, 1.165) is 12.1 Å². The van der Waals surface area contributed by atoms with E-state index in [2.05, 4.69) is 9.72 Å². The van der Waals surface area contributed by atoms with Crippen LogP contribution >= 0.6 is 0 Å². The Morgan fingerprint density at radius 1 is 1.73 bits per heavy atom. The van der Waals surface area contributed by atoms with Crippen LogP contribution in [0, 0.1) is 5.82 Å². The average Bonchev–Trinajstić information content (AvgIpc) is 2.18. The lowest BCUT2D eigenvalue weighted by Crippen LogP contribution is -2.06. The largest absolute Gasteiger partial charge is 0.463 e. The van der Waals surface area contributed by atoms with Gasteiger partial charge in [0.1, 0.15) is 5.82 Å². The predicted molar refractivity (Wildman–Crippen MR) is 53.0 cm³/mol. The number of ether oxygens (including phenoxy) is 1. The Bertz CT molecular complexity index is 391. The summed E-state index contributed by atoms with van der Waals surface area (Å²) < 4.78 is 17.4. The van der Waals surface area contributed by atoms with E-state index in [0.29, 0.717) is 0 Å². The molecule has 0 saturated carbocycles. The van der Waals surface area contributed by atoms with E-state index < -0.39 is 11.8 Å². The van der Waals surface area contributed by atoms with Crippen LogP contribution in [0.4, 0.5) is 4.39 Å². The maximum Gasteiger partial charge on any atom is 0.332 e. The second kappa shape index (κ2) is 5.09. The number of hydrogen-bond donors (Lipinski definition) is 1. The number of carbonyl (C=O) groups is 1. The van der Waals surface area contributed by atoms with Crippen molar-refractivity contribution in [3.8, 4) is 0 Å². The van der Waals surface area contributed by atoms with Gasteiger partial charge in [0, 0.05) is 18.3 Å². The van der Waals surface area contributed by atoms with Crippen molar-refractivity contribution >= 4 is 11.7 Å². The van der Waals surface area contributed by atoms with Gasteiger partial charge in [0.25, 0.3) is 0 Å². The quantitative estimate of drug-likeness (QED) is 0.599. The molecule has 1 aromatic heterocycles. The van der Waals surface area contributed by atoms with E-state index in [1.165, 1.54) is 12.3 Å². The van der Waals surface area contributed by atoms with E-state index in [-0.39, 0.29) is 18.0 Å². The van der Waals surface area contributed by atoms with E-state index in [9.17, 15) is 9.18 Å². The lowest BCUT2D eigenvalue weighted by atomic mass is 10.2. The van der Waals surface area contributed by atoms with Gasteiger partial charge in [-0.25, -0.2) is 9.18 Å². The van der Waals surface area contributed by atoms with Gasteiger partial charge in [0.2, 0.25) is 0 Å². The highest BCUT2D eigenvalue weighted by molar-refractivity contribution is 5.90. The Morgan fingerprint density at radius 2 is 2.47 bits per heavy atom. The molecule has 4 nitrogen and oxygen atoms in total. The number of nitrogens with zero attached hydrogens (tertiary/aromatic N) is 1. The van der Waals surface area contributed by atoms with E-state index in [4.69, 9.17) is 5.73 Å². The van der Waals surface area contributed by atoms with Gasteiger partial charge >= 0.3 is 5.97 Å². The summed E-state index contributed by atoms with van der Waals surface area (Å²) in [7, 11) is 0. The van der Waals surface area contributed by atoms with Crippen molar-refractivity contribution in [2.24, 2.45) is 5.73 Å². The second-order valence-electron chi connectivity index (χ2n) is 2.71. The molecule has 0 amide bonds. The summed E-state index contributed by atoms with van der Waals surface area (Å²) in [4.78, 5) is 14.8. The van der Waals surface area contributed by atoms with Crippen LogP contribution in [0.5, 0.6) is 0 Å². The van der Waals surface area contributed by atoms with E-state index in [1.54, 1.807) is 6.92 Å². The summed E-state index contributed by atoms with van der Waals surface area (Å²) in [5.74, 6) is -1.03. The number of esters is 1. The Balaban J connectivity index is 2.84. The average molecular weight is 210 g/mol. The summed E-state index contributed by atoms with van der Waals surface area (Å²) in [5.41, 5.74) is 5.81. The molecule has 1 heterocycles. The zero-order valence-corrected chi connectivity index (χ0v) is 8.24. The number of carbonyl (C=O) groups excluding carboxylic acids is 1. The summed E-state index contributed by atoms with van der Waals surface area (Å²) in [6.45, 7) is 1.95.